The van der Waals surface area contributed by atoms with Crippen LogP contribution in [0.2, 0.25) is 0 Å². The number of ether oxygens (including phenoxy) is 1. The van der Waals surface area contributed by atoms with Crippen molar-refractivity contribution < 1.29 is 36.7 Å². The quantitative estimate of drug-likeness (QED) is 0.329. The zero-order chi connectivity index (χ0) is 25.0. The fourth-order valence-corrected chi connectivity index (χ4v) is 3.17. The minimum atomic E-state index is -5.44. The van der Waals surface area contributed by atoms with Crippen LogP contribution in [0.15, 0.2) is 54.6 Å². The minimum Gasteiger partial charge on any atom is -0.364 e. The molecule has 1 heterocycles. The summed E-state index contributed by atoms with van der Waals surface area (Å²) in [6.07, 6.45) is -5.44. The van der Waals surface area contributed by atoms with E-state index in [1.807, 2.05) is 66.1 Å². The average Bonchev–Trinajstić information content (AvgIpc) is 3.04. The number of carbonyl (C=O) groups excluding carboxylic acids is 3. The maximum Gasteiger partial charge on any atom is 0.458 e. The molecule has 0 aliphatic carbocycles. The van der Waals surface area contributed by atoms with E-state index < -0.39 is 29.6 Å². The molecule has 0 saturated carbocycles. The van der Waals surface area contributed by atoms with E-state index in [0.717, 1.165) is 22.2 Å². The van der Waals surface area contributed by atoms with Gasteiger partial charge in [0.05, 0.1) is 5.56 Å². The van der Waals surface area contributed by atoms with Crippen LogP contribution in [-0.4, -0.2) is 41.3 Å². The number of benzene rings is 2. The van der Waals surface area contributed by atoms with Gasteiger partial charge in [-0.15, -0.1) is 0 Å². The van der Waals surface area contributed by atoms with Gasteiger partial charge in [0.1, 0.15) is 0 Å². The molecule has 0 aliphatic rings. The summed E-state index contributed by atoms with van der Waals surface area (Å²) in [6, 6.07) is 17.6. The van der Waals surface area contributed by atoms with Crippen molar-refractivity contribution in [3.8, 4) is 0 Å². The normalized spacial score (nSPS) is 13.0. The predicted octanol–water partition coefficient (Wildman–Crippen LogP) is 3.01. The van der Waals surface area contributed by atoms with Crippen LogP contribution >= 0.6 is 0 Å². The maximum atomic E-state index is 12.3. The van der Waals surface area contributed by atoms with Gasteiger partial charge >= 0.3 is 12.0 Å². The Bertz CT molecular complexity index is 1180. The van der Waals surface area contributed by atoms with Crippen LogP contribution in [0.4, 0.5) is 17.6 Å². The summed E-state index contributed by atoms with van der Waals surface area (Å²) >= 11 is 0. The Morgan fingerprint density at radius 3 is 1.94 bits per heavy atom. The fourth-order valence-electron chi connectivity index (χ4n) is 3.17. The summed E-state index contributed by atoms with van der Waals surface area (Å²) in [5.74, 6) is -8.16. The maximum absolute atomic E-state index is 12.3. The minimum absolute atomic E-state index is 0.401. The van der Waals surface area contributed by atoms with Gasteiger partial charge in [-0.05, 0) is 18.6 Å². The number of para-hydroxylation sites is 1. The number of ketones is 1. The molecule has 1 atom stereocenters. The summed E-state index contributed by atoms with van der Waals surface area (Å²) in [5, 5.41) is 0.764. The number of amides is 2. The lowest BCUT2D eigenvalue weighted by atomic mass is 10.1. The number of hydrogen-bond donors (Lipinski definition) is 2. The summed E-state index contributed by atoms with van der Waals surface area (Å²) in [6.45, 7) is 2.48. The van der Waals surface area contributed by atoms with Crippen LogP contribution in [0.25, 0.3) is 10.9 Å². The highest BCUT2D eigenvalue weighted by molar-refractivity contribution is 6.44. The molecule has 0 spiro atoms. The van der Waals surface area contributed by atoms with Crippen molar-refractivity contribution in [2.45, 2.75) is 25.5 Å². The first-order valence-electron chi connectivity index (χ1n) is 9.41. The van der Waals surface area contributed by atoms with Gasteiger partial charge in [0.2, 0.25) is 0 Å². The van der Waals surface area contributed by atoms with Crippen molar-refractivity contribution in [2.24, 2.45) is 11.5 Å². The number of nitrogens with two attached hydrogens (primary N) is 2. The van der Waals surface area contributed by atoms with Gasteiger partial charge in [-0.1, -0.05) is 48.5 Å². The van der Waals surface area contributed by atoms with E-state index in [1.165, 1.54) is 0 Å². The molecule has 3 rings (SSSR count). The Kier molecular flexibility index (Phi) is 7.60. The number of aromatic nitrogens is 1. The van der Waals surface area contributed by atoms with Gasteiger partial charge in [-0.3, -0.25) is 14.4 Å². The van der Waals surface area contributed by atoms with E-state index in [9.17, 15) is 31.9 Å². The van der Waals surface area contributed by atoms with E-state index >= 15 is 0 Å². The highest BCUT2D eigenvalue weighted by Crippen LogP contribution is 2.34. The number of nitrogens with zero attached hydrogens (tertiary/aromatic N) is 1. The van der Waals surface area contributed by atoms with Crippen LogP contribution < -0.4 is 11.5 Å². The molecule has 1 unspecified atom stereocenters. The Hall–Kier alpha value is -3.73. The van der Waals surface area contributed by atoms with Gasteiger partial charge in [0.25, 0.3) is 17.6 Å². The van der Waals surface area contributed by atoms with Crippen molar-refractivity contribution in [1.82, 2.24) is 4.57 Å². The lowest BCUT2D eigenvalue weighted by Crippen LogP contribution is -2.53. The molecule has 2 amide bonds. The van der Waals surface area contributed by atoms with Crippen LogP contribution in [0, 0.1) is 6.92 Å². The third-order valence-corrected chi connectivity index (χ3v) is 4.83. The number of hydrogen-bond acceptors (Lipinski definition) is 4. The first-order chi connectivity index (χ1) is 15.3. The number of alkyl halides is 4. The first-order valence-corrected chi connectivity index (χ1v) is 9.41. The number of methoxy groups -OCH3 is 1. The molecular weight excluding hydrogens is 446 g/mol. The fraction of sp³-hybridized carbons (Fsp3) is 0.227. The van der Waals surface area contributed by atoms with Crippen molar-refractivity contribution >= 4 is 28.5 Å². The predicted molar refractivity (Wildman–Crippen MR) is 112 cm³/mol. The van der Waals surface area contributed by atoms with E-state index in [2.05, 4.69) is 10.5 Å². The second-order valence-electron chi connectivity index (χ2n) is 6.90. The van der Waals surface area contributed by atoms with Crippen LogP contribution in [0.5, 0.6) is 0 Å². The molecule has 4 N–H and O–H groups in total. The number of Topliss-reactive ketones (excluding diaryl/α,β-unsaturated/α-hetero) is 1. The molecule has 7 nitrogen and oxygen atoms in total. The van der Waals surface area contributed by atoms with E-state index in [0.29, 0.717) is 19.2 Å². The van der Waals surface area contributed by atoms with Crippen molar-refractivity contribution in [3.05, 3.63) is 71.4 Å². The van der Waals surface area contributed by atoms with Crippen molar-refractivity contribution in [2.75, 3.05) is 7.11 Å². The average molecular weight is 467 g/mol. The third-order valence-electron chi connectivity index (χ3n) is 4.83. The highest BCUT2D eigenvalue weighted by Gasteiger charge is 2.62. The van der Waals surface area contributed by atoms with Crippen LogP contribution in [0.3, 0.4) is 0 Å². The summed E-state index contributed by atoms with van der Waals surface area (Å²) < 4.78 is 52.3. The second kappa shape index (κ2) is 9.82. The molecule has 3 aromatic rings. The van der Waals surface area contributed by atoms with Gasteiger partial charge in [0.15, 0.2) is 0 Å². The van der Waals surface area contributed by atoms with E-state index in [1.54, 1.807) is 0 Å². The number of rotatable bonds is 6. The molecular formula is C22H21F4N3O4. The SMILES string of the molecule is COC(F)(C(N)=O)C(F)(F)F.Cc1c(C(=O)C(N)=O)c2ccccc2n1Cc1ccccc1. The second-order valence-corrected chi connectivity index (χ2v) is 6.90. The summed E-state index contributed by atoms with van der Waals surface area (Å²) in [5.41, 5.74) is 12.5. The molecule has 33 heavy (non-hydrogen) atoms. The highest BCUT2D eigenvalue weighted by atomic mass is 19.4. The third kappa shape index (κ3) is 5.20. The molecule has 0 bridgehead atoms. The van der Waals surface area contributed by atoms with E-state index in [-0.39, 0.29) is 0 Å². The van der Waals surface area contributed by atoms with Crippen LogP contribution in [0.1, 0.15) is 21.6 Å². The largest absolute Gasteiger partial charge is 0.458 e. The van der Waals surface area contributed by atoms with Gasteiger partial charge < -0.3 is 20.8 Å². The molecule has 176 valence electrons. The van der Waals surface area contributed by atoms with Gasteiger partial charge in [-0.25, -0.2) is 0 Å². The summed E-state index contributed by atoms with van der Waals surface area (Å²) in [4.78, 5) is 33.4. The standard InChI is InChI=1S/C18H16N2O2.C4H5F4NO2/c1-12-16(17(21)18(19)22)14-9-5-6-10-15(14)20(12)11-13-7-3-2-4-8-13;1-11-3(5,2(9)10)4(6,7)8/h2-10H,11H2,1H3,(H2,19,22);1H3,(H2,9,10). The molecule has 0 radical (unpaired) electrons. The summed E-state index contributed by atoms with van der Waals surface area (Å²) in [7, 11) is 0.401. The van der Waals surface area contributed by atoms with Crippen LogP contribution in [-0.2, 0) is 20.9 Å². The Labute approximate surface area is 185 Å². The monoisotopic (exact) mass is 467 g/mol. The van der Waals surface area contributed by atoms with E-state index in [4.69, 9.17) is 5.73 Å². The first kappa shape index (κ1) is 25.5. The number of fused-ring (bicyclic) bond motifs is 1. The molecule has 0 aliphatic heterocycles. The molecule has 11 heteroatoms. The number of primary amides is 2. The molecule has 1 aromatic heterocycles. The zero-order valence-corrected chi connectivity index (χ0v) is 17.7. The molecule has 0 saturated heterocycles. The number of halogens is 4. The lowest BCUT2D eigenvalue weighted by molar-refractivity contribution is -0.306. The topological polar surface area (TPSA) is 117 Å². The molecule has 2 aromatic carbocycles. The molecule has 0 fully saturated rings. The smallest absolute Gasteiger partial charge is 0.364 e. The Balaban J connectivity index is 0.000000299. The van der Waals surface area contributed by atoms with Crippen molar-refractivity contribution in [3.63, 3.8) is 0 Å². The zero-order valence-electron chi connectivity index (χ0n) is 17.7. The van der Waals surface area contributed by atoms with Gasteiger partial charge in [-0.2, -0.15) is 17.6 Å². The van der Waals surface area contributed by atoms with Gasteiger partial charge in [0, 0.05) is 30.3 Å². The Morgan fingerprint density at radius 2 is 1.48 bits per heavy atom. The number of carbonyl (C=O) groups is 3. The lowest BCUT2D eigenvalue weighted by Gasteiger charge is -2.21. The van der Waals surface area contributed by atoms with Crippen molar-refractivity contribution in [1.29, 1.82) is 0 Å². The Morgan fingerprint density at radius 1 is 0.939 bits per heavy atom.